The predicted molar refractivity (Wildman–Crippen MR) is 148 cm³/mol. The maximum absolute atomic E-state index is 13.9. The van der Waals surface area contributed by atoms with Crippen LogP contribution in [0.25, 0.3) is 0 Å². The fourth-order valence-corrected chi connectivity index (χ4v) is 7.13. The smallest absolute Gasteiger partial charge is 0.460 e. The summed E-state index contributed by atoms with van der Waals surface area (Å²) in [5, 5.41) is 0. The number of alkyl halides is 6. The van der Waals surface area contributed by atoms with Gasteiger partial charge in [0.2, 0.25) is 0 Å². The molecule has 0 bridgehead atoms. The van der Waals surface area contributed by atoms with Crippen molar-refractivity contribution in [3.05, 3.63) is 22.8 Å². The molecule has 0 unspecified atom stereocenters. The van der Waals surface area contributed by atoms with Gasteiger partial charge in [0.25, 0.3) is 0 Å². The largest absolute Gasteiger partial charge is 0.534 e. The van der Waals surface area contributed by atoms with Crippen LogP contribution in [0.2, 0.25) is 0 Å². The van der Waals surface area contributed by atoms with E-state index < -0.39 is 90.5 Å². The molecule has 0 aromatic heterocycles. The van der Waals surface area contributed by atoms with E-state index >= 15 is 0 Å². The first-order valence-electron chi connectivity index (χ1n) is 13.9. The van der Waals surface area contributed by atoms with E-state index in [1.807, 2.05) is 20.8 Å². The van der Waals surface area contributed by atoms with Crippen molar-refractivity contribution in [1.29, 1.82) is 0 Å². The van der Waals surface area contributed by atoms with Crippen molar-refractivity contribution >= 4 is 31.8 Å². The van der Waals surface area contributed by atoms with Crippen molar-refractivity contribution in [2.24, 2.45) is 17.8 Å². The Morgan fingerprint density at radius 2 is 1.59 bits per heavy atom. The van der Waals surface area contributed by atoms with Gasteiger partial charge in [-0.1, -0.05) is 27.2 Å². The molecule has 0 N–H and O–H groups in total. The fourth-order valence-electron chi connectivity index (χ4n) is 5.62. The molecule has 3 rings (SSSR count). The number of rotatable bonds is 8. The second kappa shape index (κ2) is 12.2. The Balaban J connectivity index is 2.27. The first kappa shape index (κ1) is 36.2. The highest BCUT2D eigenvalue weighted by molar-refractivity contribution is 7.93. The van der Waals surface area contributed by atoms with Crippen LogP contribution in [0.3, 0.4) is 0 Å². The number of fused-ring (bicyclic) bond motifs is 1. The lowest BCUT2D eigenvalue weighted by Crippen LogP contribution is -2.40. The number of ether oxygens (including phenoxy) is 2. The Bertz CT molecular complexity index is 1470. The number of hydrogen-bond donors (Lipinski definition) is 0. The summed E-state index contributed by atoms with van der Waals surface area (Å²) in [6.45, 7) is 10.7. The molecule has 1 aliphatic heterocycles. The topological polar surface area (TPSA) is 116 Å². The van der Waals surface area contributed by atoms with Crippen LogP contribution in [0.4, 0.5) is 32.0 Å². The van der Waals surface area contributed by atoms with E-state index in [2.05, 4.69) is 4.18 Å². The number of nitrogens with zero attached hydrogens (tertiary/aromatic N) is 1. The van der Waals surface area contributed by atoms with Crippen LogP contribution >= 0.6 is 0 Å². The summed E-state index contributed by atoms with van der Waals surface area (Å²) in [5.41, 5.74) is -15.0. The number of carbonyl (C=O) groups is 1. The first-order valence-corrected chi connectivity index (χ1v) is 16.8. The van der Waals surface area contributed by atoms with Gasteiger partial charge in [0.1, 0.15) is 6.10 Å². The summed E-state index contributed by atoms with van der Waals surface area (Å²) in [6.07, 6.45) is -1.06. The lowest BCUT2D eigenvalue weighted by molar-refractivity contribution is -0.179. The van der Waals surface area contributed by atoms with Crippen molar-refractivity contribution in [3.63, 3.8) is 0 Å². The zero-order chi connectivity index (χ0) is 33.8. The Morgan fingerprint density at radius 1 is 1.00 bits per heavy atom. The first-order chi connectivity index (χ1) is 19.8. The van der Waals surface area contributed by atoms with Gasteiger partial charge in [0, 0.05) is 17.7 Å². The van der Waals surface area contributed by atoms with Crippen molar-refractivity contribution in [2.75, 3.05) is 10.8 Å². The van der Waals surface area contributed by atoms with Crippen molar-refractivity contribution in [1.82, 2.24) is 0 Å². The highest BCUT2D eigenvalue weighted by atomic mass is 32.2. The van der Waals surface area contributed by atoms with Crippen LogP contribution in [0.5, 0.6) is 5.75 Å². The summed E-state index contributed by atoms with van der Waals surface area (Å²) in [7, 11) is -12.5. The molecule has 2 aliphatic rings. The highest BCUT2D eigenvalue weighted by Crippen LogP contribution is 2.48. The minimum atomic E-state index is -6.45. The zero-order valence-electron chi connectivity index (χ0n) is 25.3. The number of benzene rings is 1. The third-order valence-corrected chi connectivity index (χ3v) is 10.2. The summed E-state index contributed by atoms with van der Waals surface area (Å²) >= 11 is 0. The van der Waals surface area contributed by atoms with E-state index in [-0.39, 0.29) is 27.6 Å². The van der Waals surface area contributed by atoms with Gasteiger partial charge >= 0.3 is 37.1 Å². The fraction of sp³-hybridized carbons (Fsp3) is 0.741. The van der Waals surface area contributed by atoms with Crippen LogP contribution in [0, 0.1) is 24.7 Å². The van der Waals surface area contributed by atoms with Gasteiger partial charge in [-0.2, -0.15) is 43.2 Å². The number of aryl methyl sites for hydroxylation is 1. The van der Waals surface area contributed by atoms with E-state index in [1.54, 1.807) is 0 Å². The molecule has 1 heterocycles. The van der Waals surface area contributed by atoms with E-state index in [0.717, 1.165) is 25.8 Å². The van der Waals surface area contributed by atoms with Crippen molar-refractivity contribution in [3.8, 4) is 5.75 Å². The third-order valence-electron chi connectivity index (χ3n) is 7.68. The Hall–Kier alpha value is -2.27. The minimum absolute atomic E-state index is 0.0611. The summed E-state index contributed by atoms with van der Waals surface area (Å²) in [6, 6.07) is 0.917. The summed E-state index contributed by atoms with van der Waals surface area (Å²) < 4.78 is 146. The van der Waals surface area contributed by atoms with Crippen LogP contribution in [0.15, 0.2) is 6.07 Å². The average Bonchev–Trinajstić information content (AvgIpc) is 3.25. The standard InChI is InChI=1S/C27H37F6NO8S2/c1-14(2)17-9-8-15(3)12-20(17)40-24(35)23(41-25(5,6)7)21-16(4)13-19-18(22(21)42-44(38,39)27(31,32)33)10-11-34(19)43(36,37)26(28,29)30/h13-15,17,20,23H,8-12H2,1-7H3/t15-,17+,20-,23+/m1/s1. The molecule has 1 aliphatic carbocycles. The summed E-state index contributed by atoms with van der Waals surface area (Å²) in [5.74, 6) is -1.99. The molecule has 44 heavy (non-hydrogen) atoms. The van der Waals surface area contributed by atoms with Crippen molar-refractivity contribution in [2.45, 2.75) is 103 Å². The normalized spacial score (nSPS) is 22.6. The van der Waals surface area contributed by atoms with Gasteiger partial charge in [-0.05, 0) is 76.3 Å². The third kappa shape index (κ3) is 7.40. The molecular formula is C27H37F6NO8S2. The maximum Gasteiger partial charge on any atom is 0.534 e. The minimum Gasteiger partial charge on any atom is -0.460 e. The SMILES string of the molecule is Cc1cc2c(c(OS(=O)(=O)C(F)(F)F)c1[C@H](OC(C)(C)C)C(=O)O[C@@H]1C[C@H](C)CC[C@H]1C(C)C)CCN2S(=O)(=O)C(F)(F)F. The molecule has 9 nitrogen and oxygen atoms in total. The number of hydrogen-bond acceptors (Lipinski definition) is 8. The monoisotopic (exact) mass is 681 g/mol. The Morgan fingerprint density at radius 3 is 2.09 bits per heavy atom. The van der Waals surface area contributed by atoms with Crippen LogP contribution < -0.4 is 8.49 Å². The molecule has 1 saturated carbocycles. The molecule has 0 amide bonds. The molecule has 4 atom stereocenters. The Labute approximate surface area is 253 Å². The predicted octanol–water partition coefficient (Wildman–Crippen LogP) is 6.30. The van der Waals surface area contributed by atoms with Gasteiger partial charge in [0.15, 0.2) is 11.9 Å². The van der Waals surface area contributed by atoms with Crippen molar-refractivity contribution < 1.29 is 61.6 Å². The molecule has 1 fully saturated rings. The van der Waals surface area contributed by atoms with Crippen LogP contribution in [-0.4, -0.2) is 52.1 Å². The molecule has 1 aromatic carbocycles. The molecule has 0 radical (unpaired) electrons. The second-order valence-corrected chi connectivity index (χ2v) is 16.0. The van der Waals surface area contributed by atoms with Gasteiger partial charge in [-0.25, -0.2) is 4.79 Å². The van der Waals surface area contributed by atoms with Gasteiger partial charge in [-0.15, -0.1) is 0 Å². The molecule has 0 saturated heterocycles. The quantitative estimate of drug-likeness (QED) is 0.136. The van der Waals surface area contributed by atoms with E-state index in [9.17, 15) is 48.0 Å². The van der Waals surface area contributed by atoms with E-state index in [4.69, 9.17) is 9.47 Å². The Kier molecular flexibility index (Phi) is 10.00. The zero-order valence-corrected chi connectivity index (χ0v) is 26.9. The number of sulfonamides is 1. The maximum atomic E-state index is 13.9. The van der Waals surface area contributed by atoms with Gasteiger partial charge < -0.3 is 13.7 Å². The van der Waals surface area contributed by atoms with Gasteiger partial charge in [-0.3, -0.25) is 4.31 Å². The summed E-state index contributed by atoms with van der Waals surface area (Å²) in [4.78, 5) is 13.9. The number of esters is 1. The van der Waals surface area contributed by atoms with Crippen LogP contribution in [-0.2, 0) is 40.8 Å². The highest BCUT2D eigenvalue weighted by Gasteiger charge is 2.54. The number of carbonyl (C=O) groups excluding carboxylic acids is 1. The lowest BCUT2D eigenvalue weighted by Gasteiger charge is -2.38. The molecule has 17 heteroatoms. The average molecular weight is 682 g/mol. The van der Waals surface area contributed by atoms with E-state index in [1.165, 1.54) is 20.8 Å². The molecule has 0 spiro atoms. The van der Waals surface area contributed by atoms with Gasteiger partial charge in [0.05, 0.1) is 11.3 Å². The molecule has 252 valence electrons. The second-order valence-electron chi connectivity index (χ2n) is 12.6. The molecular weight excluding hydrogens is 644 g/mol. The molecule has 1 aromatic rings. The number of anilines is 1. The number of halogens is 6. The van der Waals surface area contributed by atoms with Crippen LogP contribution in [0.1, 0.15) is 83.6 Å². The lowest BCUT2D eigenvalue weighted by atomic mass is 9.75. The van der Waals surface area contributed by atoms with E-state index in [0.29, 0.717) is 6.42 Å².